The molecule has 0 aliphatic rings. The van der Waals surface area contributed by atoms with Gasteiger partial charge in [0.2, 0.25) is 0 Å². The molecule has 124 valence electrons. The van der Waals surface area contributed by atoms with Crippen LogP contribution in [0.1, 0.15) is 11.7 Å². The summed E-state index contributed by atoms with van der Waals surface area (Å²) in [4.78, 5) is 48.6. The van der Waals surface area contributed by atoms with Crippen molar-refractivity contribution in [2.45, 2.75) is 6.10 Å². The summed E-state index contributed by atoms with van der Waals surface area (Å²) in [5, 5.41) is 20.2. The molecule has 1 aromatic rings. The molecule has 1 unspecified atom stereocenters. The molecule has 0 aliphatic carbocycles. The van der Waals surface area contributed by atoms with Gasteiger partial charge in [-0.1, -0.05) is 12.1 Å². The zero-order valence-electron chi connectivity index (χ0n) is 12.0. The standard InChI is InChI=1S/C12H12N2O9/c1-21-11(15)9(12(16)22-2)10(23-14(19)20)7-4-3-5-8(6-7)13(17)18/h3-6,9-10H,1-2H3. The maximum absolute atomic E-state index is 11.8. The van der Waals surface area contributed by atoms with E-state index in [9.17, 15) is 29.8 Å². The van der Waals surface area contributed by atoms with Crippen LogP contribution in [0.3, 0.4) is 0 Å². The van der Waals surface area contributed by atoms with Gasteiger partial charge in [0.1, 0.15) is 0 Å². The van der Waals surface area contributed by atoms with E-state index in [0.717, 1.165) is 26.4 Å². The van der Waals surface area contributed by atoms with Crippen LogP contribution in [-0.2, 0) is 23.9 Å². The Labute approximate surface area is 129 Å². The molecule has 0 amide bonds. The predicted octanol–water partition coefficient (Wildman–Crippen LogP) is 0.806. The molecule has 0 heterocycles. The Hall–Kier alpha value is -3.24. The van der Waals surface area contributed by atoms with E-state index < -0.39 is 39.7 Å². The number of hydrogen-bond acceptors (Lipinski definition) is 9. The number of hydrogen-bond donors (Lipinski definition) is 0. The number of rotatable bonds is 7. The van der Waals surface area contributed by atoms with Crippen molar-refractivity contribution < 1.29 is 33.9 Å². The lowest BCUT2D eigenvalue weighted by Crippen LogP contribution is -2.34. The molecule has 0 saturated heterocycles. The minimum absolute atomic E-state index is 0.128. The topological polar surface area (TPSA) is 148 Å². The quantitative estimate of drug-likeness (QED) is 0.306. The number of benzene rings is 1. The minimum atomic E-state index is -1.82. The van der Waals surface area contributed by atoms with Crippen molar-refractivity contribution in [1.29, 1.82) is 0 Å². The van der Waals surface area contributed by atoms with Crippen LogP contribution in [0.4, 0.5) is 5.69 Å². The fourth-order valence-corrected chi connectivity index (χ4v) is 1.82. The number of nitro benzene ring substituents is 1. The highest BCUT2D eigenvalue weighted by Crippen LogP contribution is 2.30. The van der Waals surface area contributed by atoms with Crippen LogP contribution in [0.15, 0.2) is 24.3 Å². The first-order valence-corrected chi connectivity index (χ1v) is 6.03. The first kappa shape index (κ1) is 17.8. The van der Waals surface area contributed by atoms with Crippen molar-refractivity contribution >= 4 is 17.6 Å². The van der Waals surface area contributed by atoms with Crippen LogP contribution in [0.2, 0.25) is 0 Å². The number of carbonyl (C=O) groups excluding carboxylic acids is 2. The molecule has 0 aliphatic heterocycles. The third-order valence-electron chi connectivity index (χ3n) is 2.82. The molecular formula is C12H12N2O9. The fourth-order valence-electron chi connectivity index (χ4n) is 1.82. The Morgan fingerprint density at radius 2 is 1.65 bits per heavy atom. The third kappa shape index (κ3) is 4.36. The highest BCUT2D eigenvalue weighted by atomic mass is 17.0. The molecule has 0 aromatic heterocycles. The molecule has 1 rings (SSSR count). The first-order valence-electron chi connectivity index (χ1n) is 6.03. The average Bonchev–Trinajstić information content (AvgIpc) is 2.53. The second-order valence-corrected chi connectivity index (χ2v) is 4.13. The van der Waals surface area contributed by atoms with Gasteiger partial charge in [-0.15, -0.1) is 10.1 Å². The number of nitrogens with zero attached hydrogens (tertiary/aromatic N) is 2. The van der Waals surface area contributed by atoms with Crippen LogP contribution in [0.25, 0.3) is 0 Å². The summed E-state index contributed by atoms with van der Waals surface area (Å²) in [5.74, 6) is -4.11. The summed E-state index contributed by atoms with van der Waals surface area (Å²) in [6.07, 6.45) is -1.76. The molecule has 0 saturated carbocycles. The number of esters is 2. The fraction of sp³-hybridized carbons (Fsp3) is 0.333. The van der Waals surface area contributed by atoms with Crippen molar-refractivity contribution in [3.8, 4) is 0 Å². The molecule has 23 heavy (non-hydrogen) atoms. The molecule has 0 fully saturated rings. The Kier molecular flexibility index (Phi) is 5.95. The Morgan fingerprint density at radius 3 is 2.09 bits per heavy atom. The normalized spacial score (nSPS) is 11.4. The van der Waals surface area contributed by atoms with E-state index in [-0.39, 0.29) is 5.56 Å². The van der Waals surface area contributed by atoms with E-state index >= 15 is 0 Å². The predicted molar refractivity (Wildman–Crippen MR) is 71.4 cm³/mol. The summed E-state index contributed by atoms with van der Waals surface area (Å²) in [6, 6.07) is 4.56. The van der Waals surface area contributed by atoms with Crippen LogP contribution >= 0.6 is 0 Å². The SMILES string of the molecule is COC(=O)C(C(=O)OC)C(O[N+](=O)[O-])c1cccc([N+](=O)[O-])c1. The second kappa shape index (κ2) is 7.68. The third-order valence-corrected chi connectivity index (χ3v) is 2.82. The van der Waals surface area contributed by atoms with E-state index in [2.05, 4.69) is 14.3 Å². The van der Waals surface area contributed by atoms with Gasteiger partial charge in [0.05, 0.1) is 19.1 Å². The van der Waals surface area contributed by atoms with Gasteiger partial charge in [0.15, 0.2) is 12.0 Å². The summed E-state index contributed by atoms with van der Waals surface area (Å²) < 4.78 is 8.84. The number of methoxy groups -OCH3 is 2. The Balaban J connectivity index is 3.38. The van der Waals surface area contributed by atoms with E-state index in [1.165, 1.54) is 12.1 Å². The van der Waals surface area contributed by atoms with E-state index in [1.54, 1.807) is 0 Å². The second-order valence-electron chi connectivity index (χ2n) is 4.13. The highest BCUT2D eigenvalue weighted by Gasteiger charge is 2.41. The lowest BCUT2D eigenvalue weighted by Gasteiger charge is -2.21. The number of carbonyl (C=O) groups is 2. The van der Waals surface area contributed by atoms with Gasteiger partial charge in [-0.2, -0.15) is 0 Å². The molecule has 1 aromatic carbocycles. The molecule has 0 radical (unpaired) electrons. The van der Waals surface area contributed by atoms with Gasteiger partial charge in [0.25, 0.3) is 10.8 Å². The van der Waals surface area contributed by atoms with Crippen molar-refractivity contribution in [2.24, 2.45) is 5.92 Å². The van der Waals surface area contributed by atoms with Crippen LogP contribution < -0.4 is 0 Å². The van der Waals surface area contributed by atoms with E-state index in [4.69, 9.17) is 0 Å². The lowest BCUT2D eigenvalue weighted by atomic mass is 9.95. The van der Waals surface area contributed by atoms with Crippen molar-refractivity contribution in [1.82, 2.24) is 0 Å². The van der Waals surface area contributed by atoms with Crippen LogP contribution in [0, 0.1) is 26.1 Å². The summed E-state index contributed by atoms with van der Waals surface area (Å²) >= 11 is 0. The van der Waals surface area contributed by atoms with E-state index in [0.29, 0.717) is 0 Å². The molecule has 0 spiro atoms. The van der Waals surface area contributed by atoms with Crippen molar-refractivity contribution in [2.75, 3.05) is 14.2 Å². The summed E-state index contributed by atoms with van der Waals surface area (Å²) in [7, 11) is 1.93. The molecule has 1 atom stereocenters. The number of ether oxygens (including phenoxy) is 2. The van der Waals surface area contributed by atoms with Crippen LogP contribution in [-0.4, -0.2) is 36.2 Å². The summed E-state index contributed by atoms with van der Waals surface area (Å²) in [5.41, 5.74) is -0.523. The van der Waals surface area contributed by atoms with Crippen molar-refractivity contribution in [3.05, 3.63) is 50.1 Å². The molecular weight excluding hydrogens is 316 g/mol. The maximum Gasteiger partial charge on any atom is 0.322 e. The molecule has 0 N–H and O–H groups in total. The zero-order valence-corrected chi connectivity index (χ0v) is 12.0. The Morgan fingerprint density at radius 1 is 1.09 bits per heavy atom. The Bertz CT molecular complexity index is 615. The van der Waals surface area contributed by atoms with Gasteiger partial charge in [0, 0.05) is 12.1 Å². The molecule has 0 bridgehead atoms. The maximum atomic E-state index is 11.8. The summed E-state index contributed by atoms with van der Waals surface area (Å²) in [6.45, 7) is 0. The lowest BCUT2D eigenvalue weighted by molar-refractivity contribution is -0.772. The first-order chi connectivity index (χ1) is 10.8. The minimum Gasteiger partial charge on any atom is -0.468 e. The molecule has 11 heteroatoms. The van der Waals surface area contributed by atoms with Gasteiger partial charge in [-0.05, 0) is 5.56 Å². The highest BCUT2D eigenvalue weighted by molar-refractivity contribution is 5.95. The largest absolute Gasteiger partial charge is 0.468 e. The van der Waals surface area contributed by atoms with Crippen LogP contribution in [0.5, 0.6) is 0 Å². The monoisotopic (exact) mass is 328 g/mol. The average molecular weight is 328 g/mol. The molecule has 11 nitrogen and oxygen atoms in total. The smallest absolute Gasteiger partial charge is 0.322 e. The van der Waals surface area contributed by atoms with Gasteiger partial charge in [-0.3, -0.25) is 19.7 Å². The van der Waals surface area contributed by atoms with Gasteiger partial charge >= 0.3 is 11.9 Å². The van der Waals surface area contributed by atoms with Gasteiger partial charge in [-0.25, -0.2) is 0 Å². The van der Waals surface area contributed by atoms with E-state index in [1.807, 2.05) is 0 Å². The van der Waals surface area contributed by atoms with Gasteiger partial charge < -0.3 is 14.3 Å². The number of nitro groups is 1. The number of non-ortho nitro benzene ring substituents is 1. The van der Waals surface area contributed by atoms with Crippen molar-refractivity contribution in [3.63, 3.8) is 0 Å². The zero-order chi connectivity index (χ0) is 17.6.